The van der Waals surface area contributed by atoms with Gasteiger partial charge >= 0.3 is 0 Å². The lowest BCUT2D eigenvalue weighted by Gasteiger charge is -2.40. The van der Waals surface area contributed by atoms with Crippen molar-refractivity contribution in [2.45, 2.75) is 0 Å². The number of amides is 1. The molecule has 19 heavy (non-hydrogen) atoms. The smallest absolute Gasteiger partial charge is 0.279 e. The Balaban J connectivity index is 1.91. The molecule has 2 N–H and O–H groups in total. The first-order valence-corrected chi connectivity index (χ1v) is 6.58. The molecule has 5 heteroatoms. The highest BCUT2D eigenvalue weighted by Gasteiger charge is 2.29. The first-order valence-electron chi connectivity index (χ1n) is 6.58. The molecule has 1 aliphatic rings. The van der Waals surface area contributed by atoms with Gasteiger partial charge in [0.05, 0.1) is 20.1 Å². The number of benzene rings is 1. The number of hydrogen-bond donors (Lipinski definition) is 2. The minimum absolute atomic E-state index is 0.00217. The summed E-state index contributed by atoms with van der Waals surface area (Å²) in [6, 6.07) is 6.64. The van der Waals surface area contributed by atoms with Crippen molar-refractivity contribution in [3.8, 4) is 5.75 Å². The van der Waals surface area contributed by atoms with Gasteiger partial charge in [0.1, 0.15) is 5.75 Å². The molecule has 5 nitrogen and oxygen atoms in total. The third-order valence-corrected chi connectivity index (χ3v) is 3.70. The molecular formula is C14H22N3O2+. The number of phenols is 1. The first kappa shape index (κ1) is 13.8. The van der Waals surface area contributed by atoms with Crippen molar-refractivity contribution < 1.29 is 14.4 Å². The van der Waals surface area contributed by atoms with Crippen LogP contribution < -0.4 is 5.32 Å². The molecule has 0 aliphatic carbocycles. The van der Waals surface area contributed by atoms with E-state index >= 15 is 0 Å². The molecule has 0 unspecified atom stereocenters. The van der Waals surface area contributed by atoms with Gasteiger partial charge in [0.15, 0.2) is 6.54 Å². The number of carbonyl (C=O) groups excluding carboxylic acids is 1. The van der Waals surface area contributed by atoms with E-state index in [0.717, 1.165) is 30.7 Å². The molecule has 0 bridgehead atoms. The fraction of sp³-hybridized carbons (Fsp3) is 0.500. The monoisotopic (exact) mass is 264 g/mol. The molecule has 1 saturated heterocycles. The van der Waals surface area contributed by atoms with Crippen LogP contribution in [-0.2, 0) is 4.79 Å². The van der Waals surface area contributed by atoms with Crippen LogP contribution in [0, 0.1) is 0 Å². The van der Waals surface area contributed by atoms with Gasteiger partial charge in [-0.1, -0.05) is 6.07 Å². The van der Waals surface area contributed by atoms with Gasteiger partial charge in [-0.15, -0.1) is 0 Å². The standard InChI is InChI=1S/C14H21N3O2/c1-16-6-8-17(2,9-7-16)11-14(19)15-12-4-3-5-13(18)10-12/h3-5,10H,6-9,11H2,1-2H3,(H-,15,18,19)/p+1. The highest BCUT2D eigenvalue weighted by molar-refractivity contribution is 5.91. The van der Waals surface area contributed by atoms with Gasteiger partial charge in [-0.2, -0.15) is 0 Å². The number of rotatable bonds is 3. The van der Waals surface area contributed by atoms with Gasteiger partial charge in [-0.25, -0.2) is 0 Å². The van der Waals surface area contributed by atoms with E-state index in [4.69, 9.17) is 0 Å². The quantitative estimate of drug-likeness (QED) is 0.791. The molecule has 1 amide bonds. The molecule has 2 rings (SSSR count). The largest absolute Gasteiger partial charge is 0.508 e. The third-order valence-electron chi connectivity index (χ3n) is 3.70. The Kier molecular flexibility index (Phi) is 4.07. The van der Waals surface area contributed by atoms with E-state index in [1.807, 2.05) is 0 Å². The van der Waals surface area contributed by atoms with Crippen molar-refractivity contribution in [2.24, 2.45) is 0 Å². The zero-order valence-electron chi connectivity index (χ0n) is 11.6. The molecule has 1 aliphatic heterocycles. The number of aromatic hydroxyl groups is 1. The highest BCUT2D eigenvalue weighted by atomic mass is 16.3. The fourth-order valence-electron chi connectivity index (χ4n) is 2.34. The molecule has 0 atom stereocenters. The Hall–Kier alpha value is -1.59. The second-order valence-corrected chi connectivity index (χ2v) is 5.63. The molecule has 1 heterocycles. The van der Waals surface area contributed by atoms with E-state index in [1.165, 1.54) is 0 Å². The number of carbonyl (C=O) groups is 1. The van der Waals surface area contributed by atoms with Gasteiger partial charge in [0.2, 0.25) is 0 Å². The topological polar surface area (TPSA) is 52.6 Å². The summed E-state index contributed by atoms with van der Waals surface area (Å²) in [6.07, 6.45) is 0. The van der Waals surface area contributed by atoms with E-state index < -0.39 is 0 Å². The summed E-state index contributed by atoms with van der Waals surface area (Å²) in [7, 11) is 4.23. The predicted molar refractivity (Wildman–Crippen MR) is 75.0 cm³/mol. The van der Waals surface area contributed by atoms with E-state index in [9.17, 15) is 9.90 Å². The highest BCUT2D eigenvalue weighted by Crippen LogP contribution is 2.16. The molecule has 0 spiro atoms. The number of nitrogens with one attached hydrogen (secondary N) is 1. The molecule has 1 aromatic rings. The van der Waals surface area contributed by atoms with Crippen molar-refractivity contribution in [3.05, 3.63) is 24.3 Å². The van der Waals surface area contributed by atoms with Gasteiger partial charge in [-0.3, -0.25) is 9.69 Å². The summed E-state index contributed by atoms with van der Waals surface area (Å²) < 4.78 is 0.773. The zero-order chi connectivity index (χ0) is 13.9. The third kappa shape index (κ3) is 3.94. The maximum atomic E-state index is 12.1. The van der Waals surface area contributed by atoms with Crippen LogP contribution in [0.5, 0.6) is 5.75 Å². The Labute approximate surface area is 114 Å². The normalized spacial score (nSPS) is 19.1. The lowest BCUT2D eigenvalue weighted by molar-refractivity contribution is -0.905. The van der Waals surface area contributed by atoms with E-state index in [1.54, 1.807) is 24.3 Å². The number of anilines is 1. The summed E-state index contributed by atoms with van der Waals surface area (Å²) in [5, 5.41) is 12.2. The van der Waals surface area contributed by atoms with Crippen molar-refractivity contribution in [3.63, 3.8) is 0 Å². The molecule has 0 radical (unpaired) electrons. The molecule has 1 aromatic carbocycles. The second-order valence-electron chi connectivity index (χ2n) is 5.63. The SMILES string of the molecule is CN1CC[N+](C)(CC(=O)Nc2cccc(O)c2)CC1. The predicted octanol–water partition coefficient (Wildman–Crippen LogP) is 0.723. The van der Waals surface area contributed by atoms with E-state index in [-0.39, 0.29) is 11.7 Å². The van der Waals surface area contributed by atoms with Gasteiger partial charge in [0.25, 0.3) is 5.91 Å². The maximum Gasteiger partial charge on any atom is 0.279 e. The fourth-order valence-corrected chi connectivity index (χ4v) is 2.34. The number of quaternary nitrogens is 1. The van der Waals surface area contributed by atoms with Crippen LogP contribution in [0.25, 0.3) is 0 Å². The van der Waals surface area contributed by atoms with Crippen LogP contribution >= 0.6 is 0 Å². The van der Waals surface area contributed by atoms with Gasteiger partial charge < -0.3 is 14.9 Å². The van der Waals surface area contributed by atoms with Crippen molar-refractivity contribution in [2.75, 3.05) is 52.1 Å². The Morgan fingerprint density at radius 1 is 1.42 bits per heavy atom. The Morgan fingerprint density at radius 2 is 2.11 bits per heavy atom. The van der Waals surface area contributed by atoms with Crippen LogP contribution in [-0.4, -0.2) is 67.2 Å². The first-order chi connectivity index (χ1) is 8.97. The molecule has 1 fully saturated rings. The Bertz CT molecular complexity index is 454. The molecule has 0 aromatic heterocycles. The number of likely N-dealkylation sites (N-methyl/N-ethyl adjacent to an activating group) is 2. The maximum absolute atomic E-state index is 12.1. The van der Waals surface area contributed by atoms with Crippen LogP contribution in [0.1, 0.15) is 0 Å². The number of nitrogens with zero attached hydrogens (tertiary/aromatic N) is 2. The summed E-state index contributed by atoms with van der Waals surface area (Å²) in [5.74, 6) is 0.162. The average molecular weight is 264 g/mol. The van der Waals surface area contributed by atoms with Crippen molar-refractivity contribution in [1.82, 2.24) is 4.90 Å². The van der Waals surface area contributed by atoms with Crippen molar-refractivity contribution >= 4 is 11.6 Å². The van der Waals surface area contributed by atoms with Gasteiger partial charge in [-0.05, 0) is 19.2 Å². The van der Waals surface area contributed by atoms with Crippen LogP contribution in [0.3, 0.4) is 0 Å². The number of phenolic OH excluding ortho intramolecular Hbond substituents is 1. The van der Waals surface area contributed by atoms with Gasteiger partial charge in [0, 0.05) is 24.8 Å². The van der Waals surface area contributed by atoms with E-state index in [2.05, 4.69) is 24.3 Å². The van der Waals surface area contributed by atoms with Crippen molar-refractivity contribution in [1.29, 1.82) is 0 Å². The summed E-state index contributed by atoms with van der Waals surface area (Å²) >= 11 is 0. The lowest BCUT2D eigenvalue weighted by Crippen LogP contribution is -2.58. The molecule has 0 saturated carbocycles. The summed E-state index contributed by atoms with van der Waals surface area (Å²) in [4.78, 5) is 14.3. The summed E-state index contributed by atoms with van der Waals surface area (Å²) in [6.45, 7) is 4.50. The number of piperazine rings is 1. The molecular weight excluding hydrogens is 242 g/mol. The zero-order valence-corrected chi connectivity index (χ0v) is 11.6. The van der Waals surface area contributed by atoms with E-state index in [0.29, 0.717) is 12.2 Å². The minimum atomic E-state index is -0.00217. The van der Waals surface area contributed by atoms with Crippen LogP contribution in [0.4, 0.5) is 5.69 Å². The lowest BCUT2D eigenvalue weighted by atomic mass is 10.2. The molecule has 104 valence electrons. The Morgan fingerprint density at radius 3 is 2.74 bits per heavy atom. The minimum Gasteiger partial charge on any atom is -0.508 e. The van der Waals surface area contributed by atoms with Crippen LogP contribution in [0.2, 0.25) is 0 Å². The van der Waals surface area contributed by atoms with Crippen LogP contribution in [0.15, 0.2) is 24.3 Å². The summed E-state index contributed by atoms with van der Waals surface area (Å²) in [5.41, 5.74) is 0.644. The number of hydrogen-bond acceptors (Lipinski definition) is 3. The average Bonchev–Trinajstić information content (AvgIpc) is 2.33. The second kappa shape index (κ2) is 5.59.